The Morgan fingerprint density at radius 3 is 2.77 bits per heavy atom. The number of hydrogen-bond acceptors (Lipinski definition) is 5. The second kappa shape index (κ2) is 8.28. The van der Waals surface area contributed by atoms with Gasteiger partial charge in [-0.1, -0.05) is 25.0 Å². The van der Waals surface area contributed by atoms with E-state index < -0.39 is 0 Å². The number of aldehydes is 1. The second-order valence-corrected chi connectivity index (χ2v) is 8.93. The van der Waals surface area contributed by atoms with Crippen molar-refractivity contribution in [2.24, 2.45) is 16.9 Å². The van der Waals surface area contributed by atoms with Crippen LogP contribution < -0.4 is 5.01 Å². The SMILES string of the molecule is COCc1cc(N2N=C3c4ccc(C=O)cc4CCC3C2C2CCCC2)ccc1C#N. The Kier molecular flexibility index (Phi) is 5.33. The van der Waals surface area contributed by atoms with Gasteiger partial charge in [-0.25, -0.2) is 0 Å². The summed E-state index contributed by atoms with van der Waals surface area (Å²) in [5, 5.41) is 16.9. The van der Waals surface area contributed by atoms with Crippen LogP contribution in [0.3, 0.4) is 0 Å². The van der Waals surface area contributed by atoms with Gasteiger partial charge in [-0.3, -0.25) is 9.80 Å². The maximum Gasteiger partial charge on any atom is 0.150 e. The Balaban J connectivity index is 1.59. The predicted molar refractivity (Wildman–Crippen MR) is 120 cm³/mol. The molecule has 31 heavy (non-hydrogen) atoms. The van der Waals surface area contributed by atoms with E-state index >= 15 is 0 Å². The highest BCUT2D eigenvalue weighted by molar-refractivity contribution is 6.07. The number of hydrogen-bond donors (Lipinski definition) is 0. The number of benzene rings is 2. The number of ether oxygens (including phenoxy) is 1. The van der Waals surface area contributed by atoms with Crippen LogP contribution in [0.15, 0.2) is 41.5 Å². The highest BCUT2D eigenvalue weighted by atomic mass is 16.5. The molecule has 1 heterocycles. The Bertz CT molecular complexity index is 1080. The minimum Gasteiger partial charge on any atom is -0.380 e. The van der Waals surface area contributed by atoms with Gasteiger partial charge in [0.2, 0.25) is 0 Å². The summed E-state index contributed by atoms with van der Waals surface area (Å²) in [5.74, 6) is 1.03. The molecule has 5 nitrogen and oxygen atoms in total. The first-order valence-electron chi connectivity index (χ1n) is 11.2. The van der Waals surface area contributed by atoms with Crippen LogP contribution in [0.2, 0.25) is 0 Å². The minimum absolute atomic E-state index is 0.347. The van der Waals surface area contributed by atoms with Crippen LogP contribution in [0.25, 0.3) is 0 Å². The van der Waals surface area contributed by atoms with E-state index in [0.717, 1.165) is 41.7 Å². The zero-order valence-corrected chi connectivity index (χ0v) is 17.9. The van der Waals surface area contributed by atoms with Gasteiger partial charge in [0, 0.05) is 24.2 Å². The highest BCUT2D eigenvalue weighted by Crippen LogP contribution is 2.45. The van der Waals surface area contributed by atoms with Crippen molar-refractivity contribution in [1.82, 2.24) is 0 Å². The van der Waals surface area contributed by atoms with Gasteiger partial charge in [0.25, 0.3) is 0 Å². The lowest BCUT2D eigenvalue weighted by atomic mass is 9.75. The van der Waals surface area contributed by atoms with Gasteiger partial charge in [-0.05, 0) is 67.0 Å². The molecule has 2 aliphatic carbocycles. The quantitative estimate of drug-likeness (QED) is 0.657. The summed E-state index contributed by atoms with van der Waals surface area (Å²) in [6.45, 7) is 0.413. The molecule has 1 fully saturated rings. The number of carbonyl (C=O) groups excluding carboxylic acids is 1. The molecule has 1 saturated carbocycles. The molecule has 2 atom stereocenters. The van der Waals surface area contributed by atoms with Crippen LogP contribution in [0.5, 0.6) is 0 Å². The Labute approximate surface area is 183 Å². The molecular weight excluding hydrogens is 386 g/mol. The first-order valence-corrected chi connectivity index (χ1v) is 11.2. The molecule has 2 unspecified atom stereocenters. The number of aryl methyl sites for hydroxylation is 1. The van der Waals surface area contributed by atoms with Crippen LogP contribution in [0, 0.1) is 23.2 Å². The third-order valence-corrected chi connectivity index (χ3v) is 7.18. The van der Waals surface area contributed by atoms with Crippen molar-refractivity contribution in [1.29, 1.82) is 5.26 Å². The van der Waals surface area contributed by atoms with Gasteiger partial charge in [0.1, 0.15) is 6.29 Å². The van der Waals surface area contributed by atoms with E-state index in [0.29, 0.717) is 30.0 Å². The predicted octanol–water partition coefficient (Wildman–Crippen LogP) is 4.86. The van der Waals surface area contributed by atoms with Gasteiger partial charge in [-0.15, -0.1) is 0 Å². The number of fused-ring (bicyclic) bond motifs is 3. The van der Waals surface area contributed by atoms with E-state index in [4.69, 9.17) is 9.84 Å². The average molecular weight is 414 g/mol. The first kappa shape index (κ1) is 20.0. The lowest BCUT2D eigenvalue weighted by Gasteiger charge is -2.34. The zero-order chi connectivity index (χ0) is 21.4. The number of carbonyl (C=O) groups is 1. The molecule has 0 radical (unpaired) electrons. The first-order chi connectivity index (χ1) is 15.2. The molecule has 0 bridgehead atoms. The molecule has 2 aromatic rings. The molecule has 0 amide bonds. The van der Waals surface area contributed by atoms with Crippen LogP contribution in [0.4, 0.5) is 5.69 Å². The lowest BCUT2D eigenvalue weighted by molar-refractivity contribution is 0.112. The summed E-state index contributed by atoms with van der Waals surface area (Å²) in [6, 6.07) is 14.6. The van der Waals surface area contributed by atoms with E-state index in [1.165, 1.54) is 36.8 Å². The average Bonchev–Trinajstić information content (AvgIpc) is 3.46. The van der Waals surface area contributed by atoms with Crippen LogP contribution in [-0.4, -0.2) is 25.1 Å². The van der Waals surface area contributed by atoms with Crippen molar-refractivity contribution in [2.75, 3.05) is 12.1 Å². The summed E-state index contributed by atoms with van der Waals surface area (Å²) >= 11 is 0. The number of nitrogens with zero attached hydrogens (tertiary/aromatic N) is 3. The molecule has 5 rings (SSSR count). The molecular formula is C26H27N3O2. The molecule has 0 saturated heterocycles. The highest BCUT2D eigenvalue weighted by Gasteiger charge is 2.45. The summed E-state index contributed by atoms with van der Waals surface area (Å²) in [6.07, 6.45) is 8.05. The number of nitriles is 1. The fraction of sp³-hybridized carbons (Fsp3) is 0.423. The minimum atomic E-state index is 0.347. The molecule has 5 heteroatoms. The van der Waals surface area contributed by atoms with Crippen LogP contribution in [0.1, 0.15) is 64.7 Å². The van der Waals surface area contributed by atoms with Crippen molar-refractivity contribution in [3.63, 3.8) is 0 Å². The smallest absolute Gasteiger partial charge is 0.150 e. The van der Waals surface area contributed by atoms with Gasteiger partial charge in [-0.2, -0.15) is 10.4 Å². The van der Waals surface area contributed by atoms with Crippen molar-refractivity contribution in [3.05, 3.63) is 64.2 Å². The third-order valence-electron chi connectivity index (χ3n) is 7.18. The van der Waals surface area contributed by atoms with Crippen molar-refractivity contribution >= 4 is 17.7 Å². The summed E-state index contributed by atoms with van der Waals surface area (Å²) in [4.78, 5) is 11.2. The second-order valence-electron chi connectivity index (χ2n) is 8.93. The topological polar surface area (TPSA) is 65.7 Å². The van der Waals surface area contributed by atoms with Crippen molar-refractivity contribution in [3.8, 4) is 6.07 Å². The zero-order valence-electron chi connectivity index (χ0n) is 17.9. The standard InChI is InChI=1S/C26H27N3O2/c1-31-16-21-13-22(9-7-20(21)14-27)29-26(18-4-2-3-5-18)24-11-8-19-12-17(15-30)6-10-23(19)25(24)28-29/h6-7,9-10,12-13,15,18,24,26H,2-5,8,11,16H2,1H3. The number of methoxy groups -OCH3 is 1. The Morgan fingerprint density at radius 2 is 2.03 bits per heavy atom. The van der Waals surface area contributed by atoms with Gasteiger partial charge in [0.15, 0.2) is 0 Å². The maximum atomic E-state index is 11.2. The van der Waals surface area contributed by atoms with E-state index in [-0.39, 0.29) is 0 Å². The number of rotatable bonds is 5. The molecule has 0 spiro atoms. The van der Waals surface area contributed by atoms with Gasteiger partial charge < -0.3 is 4.74 Å². The monoisotopic (exact) mass is 413 g/mol. The fourth-order valence-corrected chi connectivity index (χ4v) is 5.77. The summed E-state index contributed by atoms with van der Waals surface area (Å²) in [5.41, 5.74) is 6.91. The van der Waals surface area contributed by atoms with Crippen molar-refractivity contribution in [2.45, 2.75) is 51.2 Å². The van der Waals surface area contributed by atoms with Gasteiger partial charge in [0.05, 0.1) is 35.7 Å². The van der Waals surface area contributed by atoms with E-state index in [1.54, 1.807) is 7.11 Å². The van der Waals surface area contributed by atoms with Crippen LogP contribution >= 0.6 is 0 Å². The number of hydrazone groups is 1. The molecule has 0 aromatic heterocycles. The summed E-state index contributed by atoms with van der Waals surface area (Å²) < 4.78 is 5.34. The van der Waals surface area contributed by atoms with E-state index in [9.17, 15) is 10.1 Å². The fourth-order valence-electron chi connectivity index (χ4n) is 5.77. The number of anilines is 1. The third kappa shape index (κ3) is 3.45. The normalized spacial score (nSPS) is 22.6. The van der Waals surface area contributed by atoms with Gasteiger partial charge >= 0.3 is 0 Å². The lowest BCUT2D eigenvalue weighted by Crippen LogP contribution is -2.40. The molecule has 0 N–H and O–H groups in total. The maximum absolute atomic E-state index is 11.2. The molecule has 1 aliphatic heterocycles. The molecule has 3 aliphatic rings. The largest absolute Gasteiger partial charge is 0.380 e. The van der Waals surface area contributed by atoms with Crippen LogP contribution in [-0.2, 0) is 17.8 Å². The van der Waals surface area contributed by atoms with Crippen molar-refractivity contribution < 1.29 is 9.53 Å². The molecule has 158 valence electrons. The molecule has 2 aromatic carbocycles. The van der Waals surface area contributed by atoms with E-state index in [2.05, 4.69) is 23.2 Å². The van der Waals surface area contributed by atoms with E-state index in [1.807, 2.05) is 24.3 Å². The Hall–Kier alpha value is -2.97. The Morgan fingerprint density at radius 1 is 1.19 bits per heavy atom. The summed E-state index contributed by atoms with van der Waals surface area (Å²) in [7, 11) is 1.66.